The van der Waals surface area contributed by atoms with Gasteiger partial charge in [-0.1, -0.05) is 6.92 Å². The lowest BCUT2D eigenvalue weighted by molar-refractivity contribution is -0.138. The normalized spacial score (nSPS) is 17.7. The van der Waals surface area contributed by atoms with Gasteiger partial charge in [-0.25, -0.2) is 0 Å². The summed E-state index contributed by atoms with van der Waals surface area (Å²) in [6, 6.07) is 7.24. The second-order valence-electron chi connectivity index (χ2n) is 6.20. The molecule has 1 aliphatic carbocycles. The Morgan fingerprint density at radius 2 is 2.22 bits per heavy atom. The van der Waals surface area contributed by atoms with Gasteiger partial charge in [-0.3, -0.25) is 4.79 Å². The first-order valence-corrected chi connectivity index (χ1v) is 8.02. The highest BCUT2D eigenvalue weighted by molar-refractivity contribution is 5.98. The Kier molecular flexibility index (Phi) is 5.27. The van der Waals surface area contributed by atoms with Gasteiger partial charge in [-0.2, -0.15) is 5.26 Å². The van der Waals surface area contributed by atoms with Gasteiger partial charge in [0.2, 0.25) is 0 Å². The van der Waals surface area contributed by atoms with E-state index >= 15 is 0 Å². The summed E-state index contributed by atoms with van der Waals surface area (Å²) in [5.41, 5.74) is 0.0184. The highest BCUT2D eigenvalue weighted by Gasteiger charge is 2.47. The van der Waals surface area contributed by atoms with E-state index in [0.29, 0.717) is 17.0 Å². The molecule has 2 rings (SSSR count). The molecule has 2 atom stereocenters. The Labute approximate surface area is 137 Å². The SMILES string of the molecule is CC[C@@H](C)Oc1ccc(NC(=O)[C@](C)(OC)C2CC2)c(C#N)c1. The number of carbonyl (C=O) groups excluding carboxylic acids is 1. The van der Waals surface area contributed by atoms with E-state index in [9.17, 15) is 10.1 Å². The van der Waals surface area contributed by atoms with E-state index in [-0.39, 0.29) is 17.9 Å². The van der Waals surface area contributed by atoms with Crippen LogP contribution in [0, 0.1) is 17.2 Å². The van der Waals surface area contributed by atoms with Crippen molar-refractivity contribution in [2.45, 2.75) is 51.7 Å². The summed E-state index contributed by atoms with van der Waals surface area (Å²) in [7, 11) is 1.55. The Balaban J connectivity index is 2.16. The molecule has 0 aliphatic heterocycles. The van der Waals surface area contributed by atoms with Gasteiger partial charge < -0.3 is 14.8 Å². The molecule has 23 heavy (non-hydrogen) atoms. The van der Waals surface area contributed by atoms with Crippen LogP contribution in [0.5, 0.6) is 5.75 Å². The third-order valence-corrected chi connectivity index (χ3v) is 4.50. The average molecular weight is 316 g/mol. The van der Waals surface area contributed by atoms with E-state index in [2.05, 4.69) is 11.4 Å². The third-order valence-electron chi connectivity index (χ3n) is 4.50. The van der Waals surface area contributed by atoms with Gasteiger partial charge in [0.05, 0.1) is 17.4 Å². The molecule has 0 aromatic heterocycles. The molecule has 0 unspecified atom stereocenters. The first kappa shape index (κ1) is 17.3. The van der Waals surface area contributed by atoms with Crippen molar-refractivity contribution in [1.82, 2.24) is 0 Å². The van der Waals surface area contributed by atoms with Crippen LogP contribution in [0.2, 0.25) is 0 Å². The maximum Gasteiger partial charge on any atom is 0.256 e. The molecule has 0 heterocycles. The van der Waals surface area contributed by atoms with Crippen LogP contribution in [0.1, 0.15) is 45.6 Å². The summed E-state index contributed by atoms with van der Waals surface area (Å²) in [4.78, 5) is 12.5. The molecule has 5 heteroatoms. The summed E-state index contributed by atoms with van der Waals surface area (Å²) in [5.74, 6) is 0.659. The number of nitriles is 1. The topological polar surface area (TPSA) is 71.3 Å². The van der Waals surface area contributed by atoms with E-state index in [0.717, 1.165) is 19.3 Å². The molecule has 0 spiro atoms. The van der Waals surface area contributed by atoms with E-state index in [4.69, 9.17) is 9.47 Å². The number of amides is 1. The summed E-state index contributed by atoms with van der Waals surface area (Å²) >= 11 is 0. The van der Waals surface area contributed by atoms with Crippen LogP contribution in [0.3, 0.4) is 0 Å². The number of nitrogens with zero attached hydrogens (tertiary/aromatic N) is 1. The van der Waals surface area contributed by atoms with E-state index in [1.807, 2.05) is 13.8 Å². The molecule has 1 amide bonds. The van der Waals surface area contributed by atoms with Crippen molar-refractivity contribution in [2.75, 3.05) is 12.4 Å². The van der Waals surface area contributed by atoms with Gasteiger partial charge in [0.15, 0.2) is 0 Å². The lowest BCUT2D eigenvalue weighted by atomic mass is 9.98. The molecule has 0 radical (unpaired) electrons. The number of rotatable bonds is 7. The number of anilines is 1. The minimum absolute atomic E-state index is 0.0774. The van der Waals surface area contributed by atoms with E-state index in [1.54, 1.807) is 32.2 Å². The van der Waals surface area contributed by atoms with Crippen molar-refractivity contribution in [3.63, 3.8) is 0 Å². The van der Waals surface area contributed by atoms with Crippen molar-refractivity contribution in [2.24, 2.45) is 5.92 Å². The third kappa shape index (κ3) is 3.83. The van der Waals surface area contributed by atoms with Gasteiger partial charge in [-0.05, 0) is 51.2 Å². The number of hydrogen-bond donors (Lipinski definition) is 1. The largest absolute Gasteiger partial charge is 0.491 e. The molecule has 0 bridgehead atoms. The predicted octanol–water partition coefficient (Wildman–Crippen LogP) is 3.49. The second-order valence-corrected chi connectivity index (χ2v) is 6.20. The highest BCUT2D eigenvalue weighted by Crippen LogP contribution is 2.42. The Morgan fingerprint density at radius 3 is 2.74 bits per heavy atom. The number of carbonyl (C=O) groups is 1. The second kappa shape index (κ2) is 7.01. The fraction of sp³-hybridized carbons (Fsp3) is 0.556. The van der Waals surface area contributed by atoms with Crippen molar-refractivity contribution >= 4 is 11.6 Å². The van der Waals surface area contributed by atoms with Crippen LogP contribution in [0.25, 0.3) is 0 Å². The number of nitrogens with one attached hydrogen (secondary N) is 1. The lowest BCUT2D eigenvalue weighted by Crippen LogP contribution is -2.44. The van der Waals surface area contributed by atoms with Crippen molar-refractivity contribution in [3.8, 4) is 11.8 Å². The summed E-state index contributed by atoms with van der Waals surface area (Å²) in [6.45, 7) is 5.81. The van der Waals surface area contributed by atoms with Gasteiger partial charge in [0.25, 0.3) is 5.91 Å². The Morgan fingerprint density at radius 1 is 1.52 bits per heavy atom. The zero-order chi connectivity index (χ0) is 17.0. The van der Waals surface area contributed by atoms with Crippen molar-refractivity contribution in [3.05, 3.63) is 23.8 Å². The van der Waals surface area contributed by atoms with Gasteiger partial charge in [0, 0.05) is 13.2 Å². The number of ether oxygens (including phenoxy) is 2. The molecule has 1 saturated carbocycles. The van der Waals surface area contributed by atoms with Gasteiger partial charge in [0.1, 0.15) is 17.4 Å². The van der Waals surface area contributed by atoms with Crippen LogP contribution in [0.4, 0.5) is 5.69 Å². The van der Waals surface area contributed by atoms with E-state index in [1.165, 1.54) is 0 Å². The first-order valence-electron chi connectivity index (χ1n) is 8.02. The van der Waals surface area contributed by atoms with Crippen molar-refractivity contribution in [1.29, 1.82) is 5.26 Å². The molecule has 1 aromatic rings. The number of methoxy groups -OCH3 is 1. The lowest BCUT2D eigenvalue weighted by Gasteiger charge is -2.27. The monoisotopic (exact) mass is 316 g/mol. The summed E-state index contributed by atoms with van der Waals surface area (Å²) in [5, 5.41) is 12.2. The van der Waals surface area contributed by atoms with Crippen LogP contribution in [-0.2, 0) is 9.53 Å². The molecule has 1 fully saturated rings. The maximum absolute atomic E-state index is 12.5. The van der Waals surface area contributed by atoms with Crippen LogP contribution in [0.15, 0.2) is 18.2 Å². The maximum atomic E-state index is 12.5. The van der Waals surface area contributed by atoms with Crippen LogP contribution >= 0.6 is 0 Å². The number of benzene rings is 1. The molecule has 124 valence electrons. The molecule has 1 aromatic carbocycles. The minimum Gasteiger partial charge on any atom is -0.491 e. The zero-order valence-corrected chi connectivity index (χ0v) is 14.2. The minimum atomic E-state index is -0.849. The molecular formula is C18H24N2O3. The summed E-state index contributed by atoms with van der Waals surface area (Å²) < 4.78 is 11.2. The zero-order valence-electron chi connectivity index (χ0n) is 14.2. The highest BCUT2D eigenvalue weighted by atomic mass is 16.5. The Hall–Kier alpha value is -2.06. The fourth-order valence-corrected chi connectivity index (χ4v) is 2.44. The molecular weight excluding hydrogens is 292 g/mol. The molecule has 0 saturated heterocycles. The standard InChI is InChI=1S/C18H24N2O3/c1-5-12(2)23-15-8-9-16(13(10-15)11-19)20-17(21)18(3,22-4)14-6-7-14/h8-10,12,14H,5-7H2,1-4H3,(H,20,21)/t12-,18-/m1/s1. The predicted molar refractivity (Wildman–Crippen MR) is 88.3 cm³/mol. The first-order chi connectivity index (χ1) is 10.9. The molecule has 1 N–H and O–H groups in total. The fourth-order valence-electron chi connectivity index (χ4n) is 2.44. The van der Waals surface area contributed by atoms with Gasteiger partial charge >= 0.3 is 0 Å². The van der Waals surface area contributed by atoms with Gasteiger partial charge in [-0.15, -0.1) is 0 Å². The summed E-state index contributed by atoms with van der Waals surface area (Å²) in [6.07, 6.45) is 2.94. The Bertz CT molecular complexity index is 619. The quantitative estimate of drug-likeness (QED) is 0.836. The molecule has 1 aliphatic rings. The average Bonchev–Trinajstić information content (AvgIpc) is 3.40. The van der Waals surface area contributed by atoms with Crippen LogP contribution < -0.4 is 10.1 Å². The smallest absolute Gasteiger partial charge is 0.256 e. The van der Waals surface area contributed by atoms with E-state index < -0.39 is 5.60 Å². The van der Waals surface area contributed by atoms with Crippen molar-refractivity contribution < 1.29 is 14.3 Å². The molecule has 5 nitrogen and oxygen atoms in total. The van der Waals surface area contributed by atoms with Crippen LogP contribution in [-0.4, -0.2) is 24.7 Å². The number of hydrogen-bond acceptors (Lipinski definition) is 4.